The normalized spacial score (nSPS) is 14.7. The maximum Gasteiger partial charge on any atom is 0.371 e. The van der Waals surface area contributed by atoms with Crippen LogP contribution in [0.4, 0.5) is 27.5 Å². The molecular formula is C28H21N7OS2. The fraction of sp³-hybridized carbons (Fsp3) is 0. The van der Waals surface area contributed by atoms with E-state index in [0.717, 1.165) is 58.6 Å². The van der Waals surface area contributed by atoms with E-state index < -0.39 is 6.03 Å². The summed E-state index contributed by atoms with van der Waals surface area (Å²) in [6, 6.07) is 28.0. The van der Waals surface area contributed by atoms with Crippen LogP contribution in [-0.4, -0.2) is 16.9 Å². The first-order chi connectivity index (χ1) is 18.7. The maximum absolute atomic E-state index is 12.7. The van der Waals surface area contributed by atoms with E-state index in [2.05, 4.69) is 63.0 Å². The zero-order valence-corrected chi connectivity index (χ0v) is 21.5. The summed E-state index contributed by atoms with van der Waals surface area (Å²) in [7, 11) is 0. The number of fused-ring (bicyclic) bond motifs is 4. The number of amides is 2. The van der Waals surface area contributed by atoms with E-state index in [1.807, 2.05) is 54.6 Å². The standard InChI is InChI=1S/C28H21N7OS2/c29-32-28(36)35-33-20(16-7-5-13-24-26(16)30-18-9-1-3-11-22(18)37-24)15-21(34-35)17-8-6-14-25-27(17)31-19-10-2-4-12-23(19)38-25/h1-15,30-31,33H,29H2,(H,32,36). The van der Waals surface area contributed by atoms with E-state index >= 15 is 0 Å². The zero-order chi connectivity index (χ0) is 25.6. The van der Waals surface area contributed by atoms with Crippen LogP contribution in [0, 0.1) is 0 Å². The molecule has 7 rings (SSSR count). The van der Waals surface area contributed by atoms with Crippen LogP contribution in [0.5, 0.6) is 0 Å². The van der Waals surface area contributed by atoms with Gasteiger partial charge in [-0.2, -0.15) is 0 Å². The first-order valence-corrected chi connectivity index (χ1v) is 13.5. The molecule has 0 aliphatic carbocycles. The van der Waals surface area contributed by atoms with Crippen molar-refractivity contribution in [3.8, 4) is 0 Å². The number of nitrogens with two attached hydrogens (primary N) is 1. The Morgan fingerprint density at radius 2 is 1.29 bits per heavy atom. The number of hydrazine groups is 2. The molecule has 38 heavy (non-hydrogen) atoms. The Bertz CT molecular complexity index is 1680. The fourth-order valence-corrected chi connectivity index (χ4v) is 6.67. The number of allylic oxidation sites excluding steroid dienone is 1. The maximum atomic E-state index is 12.7. The van der Waals surface area contributed by atoms with E-state index in [0.29, 0.717) is 11.4 Å². The second-order valence-corrected chi connectivity index (χ2v) is 10.9. The lowest BCUT2D eigenvalue weighted by molar-refractivity contribution is 0.187. The molecule has 0 radical (unpaired) electrons. The Hall–Kier alpha value is -4.38. The Morgan fingerprint density at radius 1 is 0.737 bits per heavy atom. The van der Waals surface area contributed by atoms with Crippen molar-refractivity contribution < 1.29 is 4.79 Å². The monoisotopic (exact) mass is 535 g/mol. The fourth-order valence-electron chi connectivity index (χ4n) is 4.62. The summed E-state index contributed by atoms with van der Waals surface area (Å²) >= 11 is 3.41. The summed E-state index contributed by atoms with van der Waals surface area (Å²) in [6.45, 7) is 0. The van der Waals surface area contributed by atoms with Crippen molar-refractivity contribution >= 4 is 63.7 Å². The number of urea groups is 1. The summed E-state index contributed by atoms with van der Waals surface area (Å²) < 4.78 is 0. The van der Waals surface area contributed by atoms with Crippen LogP contribution in [0.3, 0.4) is 0 Å². The highest BCUT2D eigenvalue weighted by molar-refractivity contribution is 8.00. The van der Waals surface area contributed by atoms with Crippen LogP contribution in [-0.2, 0) is 0 Å². The third-order valence-corrected chi connectivity index (χ3v) is 8.65. The molecule has 3 heterocycles. The van der Waals surface area contributed by atoms with Crippen LogP contribution in [0.2, 0.25) is 0 Å². The number of benzene rings is 4. The first kappa shape index (κ1) is 22.8. The van der Waals surface area contributed by atoms with E-state index in [1.54, 1.807) is 23.5 Å². The van der Waals surface area contributed by atoms with Crippen LogP contribution in [0.15, 0.2) is 116 Å². The molecule has 0 unspecified atom stereocenters. The van der Waals surface area contributed by atoms with Crippen LogP contribution >= 0.6 is 23.5 Å². The van der Waals surface area contributed by atoms with Gasteiger partial charge in [0.2, 0.25) is 0 Å². The second kappa shape index (κ2) is 9.18. The topological polar surface area (TPSA) is 107 Å². The number of hydrogen-bond donors (Lipinski definition) is 5. The Kier molecular flexibility index (Phi) is 5.50. The van der Waals surface area contributed by atoms with Crippen LogP contribution in [0.25, 0.3) is 5.70 Å². The third kappa shape index (κ3) is 3.86. The second-order valence-electron chi connectivity index (χ2n) is 8.72. The molecule has 0 saturated heterocycles. The number of anilines is 4. The smallest absolute Gasteiger partial charge is 0.353 e. The molecule has 186 valence electrons. The van der Waals surface area contributed by atoms with E-state index in [9.17, 15) is 4.79 Å². The van der Waals surface area contributed by atoms with Crippen LogP contribution in [0.1, 0.15) is 11.1 Å². The molecule has 3 aliphatic heterocycles. The molecule has 6 N–H and O–H groups in total. The quantitative estimate of drug-likeness (QED) is 0.101. The minimum Gasteiger partial charge on any atom is -0.353 e. The molecule has 0 bridgehead atoms. The lowest BCUT2D eigenvalue weighted by atomic mass is 10.0. The molecule has 10 heteroatoms. The van der Waals surface area contributed by atoms with Gasteiger partial charge in [0.05, 0.1) is 34.2 Å². The summed E-state index contributed by atoms with van der Waals surface area (Å²) in [5, 5.41) is 12.9. The van der Waals surface area contributed by atoms with Gasteiger partial charge < -0.3 is 10.6 Å². The first-order valence-electron chi connectivity index (χ1n) is 11.9. The van der Waals surface area contributed by atoms with Crippen molar-refractivity contribution in [1.82, 2.24) is 16.0 Å². The molecule has 0 atom stereocenters. The lowest BCUT2D eigenvalue weighted by Crippen LogP contribution is -2.48. The molecule has 0 fully saturated rings. The Balaban J connectivity index is 1.34. The predicted molar refractivity (Wildman–Crippen MR) is 153 cm³/mol. The average molecular weight is 536 g/mol. The highest BCUT2D eigenvalue weighted by atomic mass is 32.2. The van der Waals surface area contributed by atoms with Gasteiger partial charge in [0.15, 0.2) is 0 Å². The van der Waals surface area contributed by atoms with Gasteiger partial charge >= 0.3 is 6.03 Å². The van der Waals surface area contributed by atoms with Crippen molar-refractivity contribution in [2.24, 2.45) is 10.9 Å². The van der Waals surface area contributed by atoms with Crippen molar-refractivity contribution in [3.63, 3.8) is 0 Å². The Labute approximate surface area is 227 Å². The minimum atomic E-state index is -0.581. The molecular weight excluding hydrogens is 514 g/mol. The molecule has 8 nitrogen and oxygen atoms in total. The molecule has 4 aromatic carbocycles. The summed E-state index contributed by atoms with van der Waals surface area (Å²) in [6.07, 6.45) is 1.96. The SMILES string of the molecule is NNC(=O)N1N=C(c2cccc3c2Nc2ccccc2S3)C=C(c2cccc3c2Nc2ccccc2S3)N1. The van der Waals surface area contributed by atoms with E-state index in [-0.39, 0.29) is 0 Å². The molecule has 2 amide bonds. The van der Waals surface area contributed by atoms with Gasteiger partial charge in [0.25, 0.3) is 0 Å². The highest BCUT2D eigenvalue weighted by Crippen LogP contribution is 2.48. The van der Waals surface area contributed by atoms with Crippen molar-refractivity contribution in [2.75, 3.05) is 10.6 Å². The van der Waals surface area contributed by atoms with Gasteiger partial charge in [-0.05, 0) is 42.5 Å². The molecule has 0 saturated carbocycles. The van der Waals surface area contributed by atoms with Crippen LogP contribution < -0.4 is 27.3 Å². The molecule has 0 spiro atoms. The third-order valence-electron chi connectivity index (χ3n) is 6.38. The predicted octanol–water partition coefficient (Wildman–Crippen LogP) is 6.25. The number of nitrogens with zero attached hydrogens (tertiary/aromatic N) is 2. The number of para-hydroxylation sites is 4. The number of nitrogens with one attached hydrogen (secondary N) is 4. The van der Waals surface area contributed by atoms with Gasteiger partial charge in [0, 0.05) is 30.7 Å². The van der Waals surface area contributed by atoms with Gasteiger partial charge in [-0.1, -0.05) is 72.1 Å². The average Bonchev–Trinajstić information content (AvgIpc) is 2.97. The lowest BCUT2D eigenvalue weighted by Gasteiger charge is -2.30. The largest absolute Gasteiger partial charge is 0.371 e. The molecule has 4 aromatic rings. The molecule has 0 aromatic heterocycles. The number of rotatable bonds is 2. The van der Waals surface area contributed by atoms with Gasteiger partial charge in [-0.3, -0.25) is 10.9 Å². The summed E-state index contributed by atoms with van der Waals surface area (Å²) in [4.78, 5) is 17.2. The number of carbonyl (C=O) groups is 1. The number of carbonyl (C=O) groups excluding carboxylic acids is 1. The highest BCUT2D eigenvalue weighted by Gasteiger charge is 2.27. The number of hydrogen-bond acceptors (Lipinski definition) is 8. The Morgan fingerprint density at radius 3 is 1.92 bits per heavy atom. The zero-order valence-electron chi connectivity index (χ0n) is 19.9. The molecule has 3 aliphatic rings. The summed E-state index contributed by atoms with van der Waals surface area (Å²) in [5.41, 5.74) is 12.4. The van der Waals surface area contributed by atoms with Crippen molar-refractivity contribution in [3.05, 3.63) is 102 Å². The van der Waals surface area contributed by atoms with E-state index in [1.165, 1.54) is 0 Å². The van der Waals surface area contributed by atoms with Crippen molar-refractivity contribution in [2.45, 2.75) is 19.6 Å². The summed E-state index contributed by atoms with van der Waals surface area (Å²) in [5.74, 6) is 5.50. The van der Waals surface area contributed by atoms with Gasteiger partial charge in [0.1, 0.15) is 0 Å². The van der Waals surface area contributed by atoms with Crippen molar-refractivity contribution in [1.29, 1.82) is 0 Å². The minimum absolute atomic E-state index is 0.581. The van der Waals surface area contributed by atoms with E-state index in [4.69, 9.17) is 5.84 Å². The van der Waals surface area contributed by atoms with Gasteiger partial charge in [-0.25, -0.2) is 10.6 Å². The van der Waals surface area contributed by atoms with Gasteiger partial charge in [-0.15, -0.1) is 10.2 Å². The number of hydrazone groups is 1.